The van der Waals surface area contributed by atoms with Gasteiger partial charge in [-0.1, -0.05) is 54.6 Å². The van der Waals surface area contributed by atoms with Crippen molar-refractivity contribution >= 4 is 28.3 Å². The van der Waals surface area contributed by atoms with Gasteiger partial charge in [-0.3, -0.25) is 9.59 Å². The van der Waals surface area contributed by atoms with Crippen LogP contribution >= 0.6 is 0 Å². The molecule has 0 aromatic heterocycles. The molecule has 0 unspecified atom stereocenters. The number of piperidine rings is 1. The Labute approximate surface area is 158 Å². The van der Waals surface area contributed by atoms with E-state index in [1.807, 2.05) is 77.7 Å². The molecular formula is C23H22N2O2. The maximum Gasteiger partial charge on any atom is 0.254 e. The van der Waals surface area contributed by atoms with Gasteiger partial charge in [0, 0.05) is 24.3 Å². The van der Waals surface area contributed by atoms with Crippen molar-refractivity contribution in [2.24, 2.45) is 5.92 Å². The summed E-state index contributed by atoms with van der Waals surface area (Å²) in [6, 6.07) is 23.2. The molecule has 1 saturated heterocycles. The third-order valence-corrected chi connectivity index (χ3v) is 5.14. The van der Waals surface area contributed by atoms with Crippen LogP contribution in [0.5, 0.6) is 0 Å². The molecule has 4 rings (SSSR count). The molecule has 1 heterocycles. The summed E-state index contributed by atoms with van der Waals surface area (Å²) in [6.45, 7) is 1.15. The second-order valence-corrected chi connectivity index (χ2v) is 6.97. The molecule has 0 saturated carbocycles. The van der Waals surface area contributed by atoms with E-state index in [-0.39, 0.29) is 17.7 Å². The zero-order chi connectivity index (χ0) is 18.6. The maximum absolute atomic E-state index is 13.1. The highest BCUT2D eigenvalue weighted by atomic mass is 16.2. The van der Waals surface area contributed by atoms with Crippen molar-refractivity contribution in [1.29, 1.82) is 0 Å². The van der Waals surface area contributed by atoms with E-state index in [1.54, 1.807) is 0 Å². The normalized spacial score (nSPS) is 16.9. The number of para-hydroxylation sites is 1. The van der Waals surface area contributed by atoms with Crippen LogP contribution in [0.1, 0.15) is 23.2 Å². The molecule has 1 aliphatic heterocycles. The van der Waals surface area contributed by atoms with Gasteiger partial charge in [0.15, 0.2) is 0 Å². The first-order valence-electron chi connectivity index (χ1n) is 9.35. The molecule has 1 atom stereocenters. The predicted molar refractivity (Wildman–Crippen MR) is 108 cm³/mol. The van der Waals surface area contributed by atoms with Gasteiger partial charge in [0.25, 0.3) is 5.91 Å². The number of nitrogens with zero attached hydrogens (tertiary/aromatic N) is 1. The molecule has 4 nitrogen and oxygen atoms in total. The van der Waals surface area contributed by atoms with Gasteiger partial charge < -0.3 is 10.2 Å². The standard InChI is InChI=1S/C23H22N2O2/c26-22(24-19-11-2-1-3-12-19)18-10-7-15-25(16-18)23(27)21-14-6-9-17-8-4-5-13-20(17)21/h1-6,8-9,11-14,18H,7,10,15-16H2,(H,24,26)/t18-/m1/s1. The van der Waals surface area contributed by atoms with Crippen LogP contribution < -0.4 is 5.32 Å². The predicted octanol–water partition coefficient (Wildman–Crippen LogP) is 4.33. The zero-order valence-electron chi connectivity index (χ0n) is 15.1. The van der Waals surface area contributed by atoms with Crippen molar-refractivity contribution in [2.75, 3.05) is 18.4 Å². The van der Waals surface area contributed by atoms with Crippen molar-refractivity contribution in [3.05, 3.63) is 78.4 Å². The fourth-order valence-corrected chi connectivity index (χ4v) is 3.72. The summed E-state index contributed by atoms with van der Waals surface area (Å²) < 4.78 is 0. The SMILES string of the molecule is O=C(Nc1ccccc1)[C@@H]1CCCN(C(=O)c2cccc3ccccc23)C1. The molecule has 2 amide bonds. The third kappa shape index (κ3) is 3.70. The molecule has 3 aromatic rings. The first-order valence-corrected chi connectivity index (χ1v) is 9.35. The highest BCUT2D eigenvalue weighted by Gasteiger charge is 2.29. The largest absolute Gasteiger partial charge is 0.338 e. The number of hydrogen-bond acceptors (Lipinski definition) is 2. The molecule has 0 spiro atoms. The number of carbonyl (C=O) groups excluding carboxylic acids is 2. The van der Waals surface area contributed by atoms with Crippen LogP contribution in [0.2, 0.25) is 0 Å². The monoisotopic (exact) mass is 358 g/mol. The van der Waals surface area contributed by atoms with Crippen molar-refractivity contribution in [3.8, 4) is 0 Å². The lowest BCUT2D eigenvalue weighted by Crippen LogP contribution is -2.43. The summed E-state index contributed by atoms with van der Waals surface area (Å²) in [5.41, 5.74) is 1.50. The van der Waals surface area contributed by atoms with Crippen LogP contribution in [0.25, 0.3) is 10.8 Å². The first-order chi connectivity index (χ1) is 13.2. The summed E-state index contributed by atoms with van der Waals surface area (Å²) in [4.78, 5) is 27.6. The number of anilines is 1. The minimum absolute atomic E-state index is 0.00371. The number of benzene rings is 3. The van der Waals surface area contributed by atoms with Crippen molar-refractivity contribution in [1.82, 2.24) is 4.90 Å². The van der Waals surface area contributed by atoms with E-state index in [0.717, 1.165) is 29.3 Å². The number of hydrogen-bond donors (Lipinski definition) is 1. The zero-order valence-corrected chi connectivity index (χ0v) is 15.1. The van der Waals surface area contributed by atoms with E-state index in [0.29, 0.717) is 18.7 Å². The van der Waals surface area contributed by atoms with Crippen LogP contribution in [0.15, 0.2) is 72.8 Å². The number of amides is 2. The van der Waals surface area contributed by atoms with Gasteiger partial charge >= 0.3 is 0 Å². The van der Waals surface area contributed by atoms with Crippen molar-refractivity contribution in [3.63, 3.8) is 0 Å². The van der Waals surface area contributed by atoms with Crippen molar-refractivity contribution in [2.45, 2.75) is 12.8 Å². The van der Waals surface area contributed by atoms with Gasteiger partial charge in [-0.05, 0) is 41.8 Å². The smallest absolute Gasteiger partial charge is 0.254 e. The van der Waals surface area contributed by atoms with Gasteiger partial charge in [-0.15, -0.1) is 0 Å². The Morgan fingerprint density at radius 1 is 0.889 bits per heavy atom. The number of likely N-dealkylation sites (tertiary alicyclic amines) is 1. The lowest BCUT2D eigenvalue weighted by molar-refractivity contribution is -0.121. The molecule has 136 valence electrons. The van der Waals surface area contributed by atoms with Crippen LogP contribution in [0.4, 0.5) is 5.69 Å². The summed E-state index contributed by atoms with van der Waals surface area (Å²) in [5, 5.41) is 4.98. The van der Waals surface area contributed by atoms with E-state index >= 15 is 0 Å². The highest BCUT2D eigenvalue weighted by Crippen LogP contribution is 2.24. The average molecular weight is 358 g/mol. The van der Waals surface area contributed by atoms with Crippen LogP contribution in [0.3, 0.4) is 0 Å². The fraction of sp³-hybridized carbons (Fsp3) is 0.217. The summed E-state index contributed by atoms with van der Waals surface area (Å²) in [6.07, 6.45) is 1.64. The average Bonchev–Trinajstić information content (AvgIpc) is 2.73. The molecule has 3 aromatic carbocycles. The number of fused-ring (bicyclic) bond motifs is 1. The molecular weight excluding hydrogens is 336 g/mol. The number of nitrogens with one attached hydrogen (secondary N) is 1. The van der Waals surface area contributed by atoms with Crippen molar-refractivity contribution < 1.29 is 9.59 Å². The molecule has 0 radical (unpaired) electrons. The van der Waals surface area contributed by atoms with E-state index in [4.69, 9.17) is 0 Å². The maximum atomic E-state index is 13.1. The van der Waals surface area contributed by atoms with E-state index in [9.17, 15) is 9.59 Å². The second kappa shape index (κ2) is 7.62. The molecule has 4 heteroatoms. The topological polar surface area (TPSA) is 49.4 Å². The molecule has 27 heavy (non-hydrogen) atoms. The van der Waals surface area contributed by atoms with Gasteiger partial charge in [0.1, 0.15) is 0 Å². The quantitative estimate of drug-likeness (QED) is 0.757. The Balaban J connectivity index is 1.50. The van der Waals surface area contributed by atoms with Crippen LogP contribution in [-0.2, 0) is 4.79 Å². The molecule has 0 aliphatic carbocycles. The Kier molecular flexibility index (Phi) is 4.88. The Bertz CT molecular complexity index is 963. The summed E-state index contributed by atoms with van der Waals surface area (Å²) in [7, 11) is 0. The Hall–Kier alpha value is -3.14. The summed E-state index contributed by atoms with van der Waals surface area (Å²) in [5.74, 6) is -0.196. The number of carbonyl (C=O) groups is 2. The Morgan fingerprint density at radius 2 is 1.63 bits per heavy atom. The molecule has 0 bridgehead atoms. The minimum Gasteiger partial charge on any atom is -0.338 e. The van der Waals surface area contributed by atoms with Gasteiger partial charge in [0.2, 0.25) is 5.91 Å². The van der Waals surface area contributed by atoms with E-state index in [2.05, 4.69) is 5.32 Å². The summed E-state index contributed by atoms with van der Waals surface area (Å²) >= 11 is 0. The van der Waals surface area contributed by atoms with Crippen LogP contribution in [-0.4, -0.2) is 29.8 Å². The van der Waals surface area contributed by atoms with Gasteiger partial charge in [0.05, 0.1) is 5.92 Å². The lowest BCUT2D eigenvalue weighted by atomic mass is 9.95. The van der Waals surface area contributed by atoms with Crippen LogP contribution in [0, 0.1) is 5.92 Å². The van der Waals surface area contributed by atoms with E-state index < -0.39 is 0 Å². The van der Waals surface area contributed by atoms with Gasteiger partial charge in [-0.25, -0.2) is 0 Å². The lowest BCUT2D eigenvalue weighted by Gasteiger charge is -2.32. The first kappa shape index (κ1) is 17.3. The third-order valence-electron chi connectivity index (χ3n) is 5.14. The van der Waals surface area contributed by atoms with Gasteiger partial charge in [-0.2, -0.15) is 0 Å². The highest BCUT2D eigenvalue weighted by molar-refractivity contribution is 6.07. The second-order valence-electron chi connectivity index (χ2n) is 6.97. The molecule has 1 fully saturated rings. The molecule has 1 N–H and O–H groups in total. The fourth-order valence-electron chi connectivity index (χ4n) is 3.72. The minimum atomic E-state index is -0.183. The van der Waals surface area contributed by atoms with E-state index in [1.165, 1.54) is 0 Å². The molecule has 1 aliphatic rings. The Morgan fingerprint density at radius 3 is 2.48 bits per heavy atom. The number of rotatable bonds is 3.